The first-order valence-corrected chi connectivity index (χ1v) is 5.42. The summed E-state index contributed by atoms with van der Waals surface area (Å²) in [5, 5.41) is 20.2. The SMILES string of the molecule is Cc1nc(C(=O)NC2(C(=O)O)CC2)ccc1C#N. The van der Waals surface area contributed by atoms with Crippen molar-refractivity contribution in [3.8, 4) is 6.07 Å². The van der Waals surface area contributed by atoms with Crippen molar-refractivity contribution in [1.82, 2.24) is 10.3 Å². The molecule has 0 unspecified atom stereocenters. The summed E-state index contributed by atoms with van der Waals surface area (Å²) < 4.78 is 0. The Morgan fingerprint density at radius 3 is 2.61 bits per heavy atom. The van der Waals surface area contributed by atoms with Crippen molar-refractivity contribution in [1.29, 1.82) is 5.26 Å². The molecular weight excluding hydrogens is 234 g/mol. The van der Waals surface area contributed by atoms with Gasteiger partial charge in [0.15, 0.2) is 0 Å². The number of aryl methyl sites for hydroxylation is 1. The summed E-state index contributed by atoms with van der Waals surface area (Å²) in [6.45, 7) is 1.62. The maximum Gasteiger partial charge on any atom is 0.329 e. The monoisotopic (exact) mass is 245 g/mol. The molecule has 92 valence electrons. The lowest BCUT2D eigenvalue weighted by Crippen LogP contribution is -2.43. The zero-order valence-corrected chi connectivity index (χ0v) is 9.73. The van der Waals surface area contributed by atoms with Crippen LogP contribution in [0.25, 0.3) is 0 Å². The molecule has 1 amide bonds. The van der Waals surface area contributed by atoms with Crippen molar-refractivity contribution >= 4 is 11.9 Å². The van der Waals surface area contributed by atoms with E-state index in [9.17, 15) is 9.59 Å². The predicted molar refractivity (Wildman–Crippen MR) is 60.8 cm³/mol. The van der Waals surface area contributed by atoms with E-state index in [4.69, 9.17) is 10.4 Å². The lowest BCUT2D eigenvalue weighted by Gasteiger charge is -2.12. The van der Waals surface area contributed by atoms with Crippen molar-refractivity contribution in [2.24, 2.45) is 0 Å². The Kier molecular flexibility index (Phi) is 2.75. The van der Waals surface area contributed by atoms with E-state index in [1.807, 2.05) is 6.07 Å². The minimum Gasteiger partial charge on any atom is -0.480 e. The lowest BCUT2D eigenvalue weighted by molar-refractivity contribution is -0.140. The number of hydrogen-bond acceptors (Lipinski definition) is 4. The Balaban J connectivity index is 2.18. The van der Waals surface area contributed by atoms with E-state index in [1.165, 1.54) is 12.1 Å². The number of amides is 1. The van der Waals surface area contributed by atoms with Crippen molar-refractivity contribution in [3.63, 3.8) is 0 Å². The van der Waals surface area contributed by atoms with E-state index in [2.05, 4.69) is 10.3 Å². The topological polar surface area (TPSA) is 103 Å². The van der Waals surface area contributed by atoms with Crippen LogP contribution in [0.1, 0.15) is 34.6 Å². The molecule has 0 bridgehead atoms. The van der Waals surface area contributed by atoms with Crippen LogP contribution in [-0.4, -0.2) is 27.5 Å². The van der Waals surface area contributed by atoms with Gasteiger partial charge in [0.2, 0.25) is 0 Å². The molecule has 0 saturated heterocycles. The molecule has 0 aliphatic heterocycles. The van der Waals surface area contributed by atoms with Gasteiger partial charge in [0.1, 0.15) is 17.3 Å². The number of pyridine rings is 1. The van der Waals surface area contributed by atoms with Crippen LogP contribution in [0.3, 0.4) is 0 Å². The van der Waals surface area contributed by atoms with Crippen LogP contribution in [0.5, 0.6) is 0 Å². The van der Waals surface area contributed by atoms with Crippen LogP contribution in [-0.2, 0) is 4.79 Å². The lowest BCUT2D eigenvalue weighted by atomic mass is 10.2. The first kappa shape index (κ1) is 12.0. The largest absolute Gasteiger partial charge is 0.480 e. The quantitative estimate of drug-likeness (QED) is 0.812. The molecule has 0 aromatic carbocycles. The van der Waals surface area contributed by atoms with Crippen molar-refractivity contribution in [2.45, 2.75) is 25.3 Å². The normalized spacial score (nSPS) is 15.6. The van der Waals surface area contributed by atoms with Gasteiger partial charge in [-0.15, -0.1) is 0 Å². The fourth-order valence-corrected chi connectivity index (χ4v) is 1.60. The van der Waals surface area contributed by atoms with Gasteiger partial charge >= 0.3 is 5.97 Å². The fraction of sp³-hybridized carbons (Fsp3) is 0.333. The van der Waals surface area contributed by atoms with E-state index in [0.29, 0.717) is 24.1 Å². The number of rotatable bonds is 3. The molecule has 0 spiro atoms. The molecule has 2 rings (SSSR count). The first-order valence-electron chi connectivity index (χ1n) is 5.42. The number of nitrogens with one attached hydrogen (secondary N) is 1. The average molecular weight is 245 g/mol. The van der Waals surface area contributed by atoms with Gasteiger partial charge in [-0.3, -0.25) is 4.79 Å². The number of nitriles is 1. The number of carbonyl (C=O) groups is 2. The first-order chi connectivity index (χ1) is 8.48. The van der Waals surface area contributed by atoms with Crippen molar-refractivity contribution in [2.75, 3.05) is 0 Å². The van der Waals surface area contributed by atoms with Crippen LogP contribution >= 0.6 is 0 Å². The highest BCUT2D eigenvalue weighted by Gasteiger charge is 2.51. The van der Waals surface area contributed by atoms with E-state index < -0.39 is 17.4 Å². The van der Waals surface area contributed by atoms with Crippen LogP contribution in [0.15, 0.2) is 12.1 Å². The Morgan fingerprint density at radius 2 is 2.17 bits per heavy atom. The van der Waals surface area contributed by atoms with Gasteiger partial charge in [0.25, 0.3) is 5.91 Å². The minimum absolute atomic E-state index is 0.124. The number of carboxylic acids is 1. The Bertz CT molecular complexity index is 570. The highest BCUT2D eigenvalue weighted by molar-refractivity contribution is 5.97. The Labute approximate surface area is 103 Å². The third-order valence-electron chi connectivity index (χ3n) is 2.95. The highest BCUT2D eigenvalue weighted by Crippen LogP contribution is 2.35. The number of nitrogens with zero attached hydrogens (tertiary/aromatic N) is 2. The van der Waals surface area contributed by atoms with Crippen LogP contribution in [0.2, 0.25) is 0 Å². The number of carbonyl (C=O) groups excluding carboxylic acids is 1. The second-order valence-corrected chi connectivity index (χ2v) is 4.28. The minimum atomic E-state index is -1.12. The average Bonchev–Trinajstić information content (AvgIpc) is 3.10. The fourth-order valence-electron chi connectivity index (χ4n) is 1.60. The molecule has 6 nitrogen and oxygen atoms in total. The number of carboxylic acid groups (broad SMARTS) is 1. The summed E-state index contributed by atoms with van der Waals surface area (Å²) in [4.78, 5) is 26.8. The molecule has 1 aromatic rings. The predicted octanol–water partition coefficient (Wildman–Crippen LogP) is 0.609. The molecule has 6 heteroatoms. The van der Waals surface area contributed by atoms with Gasteiger partial charge in [0, 0.05) is 0 Å². The van der Waals surface area contributed by atoms with Crippen LogP contribution < -0.4 is 5.32 Å². The number of hydrogen-bond donors (Lipinski definition) is 2. The Hall–Kier alpha value is -2.42. The third-order valence-corrected chi connectivity index (χ3v) is 2.95. The second kappa shape index (κ2) is 4.11. The Morgan fingerprint density at radius 1 is 1.50 bits per heavy atom. The molecule has 2 N–H and O–H groups in total. The zero-order valence-electron chi connectivity index (χ0n) is 9.73. The number of aliphatic carboxylic acids is 1. The van der Waals surface area contributed by atoms with E-state index in [1.54, 1.807) is 6.92 Å². The van der Waals surface area contributed by atoms with E-state index >= 15 is 0 Å². The molecule has 0 atom stereocenters. The van der Waals surface area contributed by atoms with Gasteiger partial charge in [0.05, 0.1) is 11.3 Å². The molecule has 1 saturated carbocycles. The van der Waals surface area contributed by atoms with E-state index in [0.717, 1.165) is 0 Å². The second-order valence-electron chi connectivity index (χ2n) is 4.28. The van der Waals surface area contributed by atoms with Gasteiger partial charge in [-0.1, -0.05) is 0 Å². The van der Waals surface area contributed by atoms with Gasteiger partial charge in [-0.2, -0.15) is 5.26 Å². The maximum absolute atomic E-state index is 11.8. The molecular formula is C12H11N3O3. The standard InChI is InChI=1S/C12H11N3O3/c1-7-8(6-13)2-3-9(14-7)10(16)15-12(4-5-12)11(17)18/h2-3H,4-5H2,1H3,(H,15,16)(H,17,18). The molecule has 1 heterocycles. The van der Waals surface area contributed by atoms with Gasteiger partial charge in [-0.25, -0.2) is 9.78 Å². The highest BCUT2D eigenvalue weighted by atomic mass is 16.4. The summed E-state index contributed by atoms with van der Waals surface area (Å²) in [6.07, 6.45) is 0.868. The summed E-state index contributed by atoms with van der Waals surface area (Å²) >= 11 is 0. The summed E-state index contributed by atoms with van der Waals surface area (Å²) in [5.74, 6) is -1.55. The smallest absolute Gasteiger partial charge is 0.329 e. The van der Waals surface area contributed by atoms with Gasteiger partial charge < -0.3 is 10.4 Å². The third kappa shape index (κ3) is 2.02. The molecule has 1 aliphatic rings. The van der Waals surface area contributed by atoms with Gasteiger partial charge in [-0.05, 0) is 31.9 Å². The van der Waals surface area contributed by atoms with E-state index in [-0.39, 0.29) is 5.69 Å². The molecule has 1 fully saturated rings. The summed E-state index contributed by atoms with van der Waals surface area (Å²) in [5.41, 5.74) is -0.157. The molecule has 1 aliphatic carbocycles. The zero-order chi connectivity index (χ0) is 13.3. The van der Waals surface area contributed by atoms with Crippen molar-refractivity contribution in [3.05, 3.63) is 29.1 Å². The maximum atomic E-state index is 11.8. The summed E-state index contributed by atoms with van der Waals surface area (Å²) in [7, 11) is 0. The van der Waals surface area contributed by atoms with Crippen LogP contribution in [0.4, 0.5) is 0 Å². The summed E-state index contributed by atoms with van der Waals surface area (Å²) in [6, 6.07) is 4.86. The molecule has 18 heavy (non-hydrogen) atoms. The van der Waals surface area contributed by atoms with Crippen LogP contribution in [0, 0.1) is 18.3 Å². The van der Waals surface area contributed by atoms with Crippen molar-refractivity contribution < 1.29 is 14.7 Å². The number of aromatic nitrogens is 1. The molecule has 1 aromatic heterocycles. The molecule has 0 radical (unpaired) electrons.